The van der Waals surface area contributed by atoms with Crippen LogP contribution in [0.25, 0.3) is 0 Å². The second kappa shape index (κ2) is 11.0. The van der Waals surface area contributed by atoms with E-state index in [1.165, 1.54) is 14.6 Å². The van der Waals surface area contributed by atoms with E-state index in [4.69, 9.17) is 0 Å². The molecule has 0 atom stereocenters. The number of hydrogen-bond acceptors (Lipinski definition) is 5. The normalized spacial score (nSPS) is 11.6. The van der Waals surface area contributed by atoms with Crippen molar-refractivity contribution in [2.75, 3.05) is 0 Å². The topological polar surface area (TPSA) is 47.0 Å². The number of ketones is 2. The van der Waals surface area contributed by atoms with Crippen LogP contribution in [0.2, 0.25) is 14.8 Å². The molecule has 0 aromatic carbocycles. The summed E-state index contributed by atoms with van der Waals surface area (Å²) in [6.45, 7) is 2.09. The van der Waals surface area contributed by atoms with E-state index in [0.29, 0.717) is 24.2 Å². The molecule has 0 N–H and O–H groups in total. The van der Waals surface area contributed by atoms with Crippen LogP contribution in [0, 0.1) is 6.92 Å². The van der Waals surface area contributed by atoms with Gasteiger partial charge >= 0.3 is 146 Å². The zero-order valence-corrected chi connectivity index (χ0v) is 23.4. The number of rotatable bonds is 11. The third kappa shape index (κ3) is 7.36. The Kier molecular flexibility index (Phi) is 8.64. The molecule has 0 aliphatic carbocycles. The van der Waals surface area contributed by atoms with E-state index in [0.717, 1.165) is 25.7 Å². The molecule has 0 spiro atoms. The van der Waals surface area contributed by atoms with E-state index < -0.39 is 18.4 Å². The van der Waals surface area contributed by atoms with Gasteiger partial charge in [-0.05, 0) is 31.9 Å². The number of thiophene rings is 2. The third-order valence-electron chi connectivity index (χ3n) is 5.17. The molecule has 0 saturated heterocycles. The summed E-state index contributed by atoms with van der Waals surface area (Å²) in [5.41, 5.74) is 0.825. The molecule has 164 valence electrons. The molecule has 0 fully saturated rings. The molecular formula is C25H31NO2S2Sn. The molecule has 0 saturated carbocycles. The molecule has 0 bridgehead atoms. The van der Waals surface area contributed by atoms with Gasteiger partial charge in [0.15, 0.2) is 0 Å². The van der Waals surface area contributed by atoms with Gasteiger partial charge in [-0.1, -0.05) is 0 Å². The van der Waals surface area contributed by atoms with Crippen molar-refractivity contribution in [3.05, 3.63) is 68.5 Å². The first-order chi connectivity index (χ1) is 14.7. The van der Waals surface area contributed by atoms with Gasteiger partial charge in [0.1, 0.15) is 0 Å². The van der Waals surface area contributed by atoms with Gasteiger partial charge in [0, 0.05) is 9.75 Å². The summed E-state index contributed by atoms with van der Waals surface area (Å²) in [6.07, 6.45) is 4.39. The molecular weight excluding hydrogens is 529 g/mol. The summed E-state index contributed by atoms with van der Waals surface area (Å²) in [5, 5.41) is 0. The summed E-state index contributed by atoms with van der Waals surface area (Å²) in [4.78, 5) is 40.8. The van der Waals surface area contributed by atoms with Crippen molar-refractivity contribution < 1.29 is 9.59 Å². The quantitative estimate of drug-likeness (QED) is 0.200. The molecule has 0 aliphatic heterocycles. The summed E-state index contributed by atoms with van der Waals surface area (Å²) < 4.78 is 1.58. The van der Waals surface area contributed by atoms with Crippen LogP contribution >= 0.6 is 22.7 Å². The molecule has 0 unspecified atom stereocenters. The molecule has 3 nitrogen and oxygen atoms in total. The Balaban J connectivity index is 1.48. The van der Waals surface area contributed by atoms with Gasteiger partial charge in [-0.2, -0.15) is 0 Å². The Morgan fingerprint density at radius 1 is 0.806 bits per heavy atom. The van der Waals surface area contributed by atoms with Gasteiger partial charge < -0.3 is 0 Å². The van der Waals surface area contributed by atoms with E-state index in [2.05, 4.69) is 51.0 Å². The number of hydrogen-bond donors (Lipinski definition) is 0. The molecule has 3 heterocycles. The maximum absolute atomic E-state index is 12.6. The fourth-order valence-corrected chi connectivity index (χ4v) is 10.8. The van der Waals surface area contributed by atoms with Crippen LogP contribution in [0.15, 0.2) is 42.5 Å². The number of pyridine rings is 1. The first-order valence-electron chi connectivity index (χ1n) is 10.9. The minimum Gasteiger partial charge on any atom is -0.146 e. The average molecular weight is 560 g/mol. The van der Waals surface area contributed by atoms with Crippen LogP contribution in [-0.2, 0) is 12.8 Å². The largest absolute Gasteiger partial charge is 0.146 e. The van der Waals surface area contributed by atoms with Crippen LogP contribution in [-0.4, -0.2) is 34.9 Å². The minimum absolute atomic E-state index is 0.0162. The van der Waals surface area contributed by atoms with E-state index in [9.17, 15) is 9.59 Å². The van der Waals surface area contributed by atoms with Crippen molar-refractivity contribution in [1.82, 2.24) is 4.98 Å². The minimum atomic E-state index is -1.99. The van der Waals surface area contributed by atoms with Gasteiger partial charge in [-0.3, -0.25) is 0 Å². The molecule has 0 radical (unpaired) electrons. The molecule has 6 heteroatoms. The van der Waals surface area contributed by atoms with Crippen molar-refractivity contribution in [3.63, 3.8) is 0 Å². The van der Waals surface area contributed by atoms with E-state index in [1.54, 1.807) is 32.4 Å². The second-order valence-electron chi connectivity index (χ2n) is 8.99. The Bertz CT molecular complexity index is 1050. The number of Topliss-reactive ketones (excluding diaryl/α,β-unsaturated/α-hetero) is 2. The third-order valence-corrected chi connectivity index (χ3v) is 16.9. The molecule has 0 amide bonds. The second-order valence-corrected chi connectivity index (χ2v) is 26.9. The van der Waals surface area contributed by atoms with Crippen molar-refractivity contribution >= 4 is 55.5 Å². The van der Waals surface area contributed by atoms with Crippen LogP contribution < -0.4 is 2.89 Å². The predicted octanol–water partition coefficient (Wildman–Crippen LogP) is 6.47. The number of nitrogens with zero attached hydrogens (tertiary/aromatic N) is 1. The van der Waals surface area contributed by atoms with Crippen molar-refractivity contribution in [2.24, 2.45) is 0 Å². The van der Waals surface area contributed by atoms with E-state index >= 15 is 0 Å². The van der Waals surface area contributed by atoms with Crippen LogP contribution in [0.3, 0.4) is 0 Å². The summed E-state index contributed by atoms with van der Waals surface area (Å²) in [5.74, 6) is 0.0398. The number of carbonyl (C=O) groups is 2. The molecule has 3 aromatic rings. The predicted molar refractivity (Wildman–Crippen MR) is 135 cm³/mol. The fraction of sp³-hybridized carbons (Fsp3) is 0.400. The van der Waals surface area contributed by atoms with Crippen molar-refractivity contribution in [3.8, 4) is 0 Å². The van der Waals surface area contributed by atoms with Crippen LogP contribution in [0.4, 0.5) is 0 Å². The average Bonchev–Trinajstić information content (AvgIpc) is 3.37. The Hall–Kier alpha value is -1.31. The number of aryl methyl sites for hydroxylation is 3. The zero-order chi connectivity index (χ0) is 22.4. The van der Waals surface area contributed by atoms with Gasteiger partial charge in [0.05, 0.1) is 0 Å². The van der Waals surface area contributed by atoms with Crippen LogP contribution in [0.5, 0.6) is 0 Å². The number of aromatic nitrogens is 1. The van der Waals surface area contributed by atoms with E-state index in [-0.39, 0.29) is 11.6 Å². The smallest absolute Gasteiger partial charge is 0.146 e. The summed E-state index contributed by atoms with van der Waals surface area (Å²) in [6, 6.07) is 14.0. The Morgan fingerprint density at radius 3 is 1.84 bits per heavy atom. The standard InChI is InChI=1S/C22H22NO2S2.3CH3.Sn/c1-16-13-14-18(27-16)7-3-12-22(25)20-10-4-9-19(23-20)21(24)11-2-6-17-8-5-15-26-17;;;;/h4-5,8-10,13-14H,2-3,6-7,11-12H2,1H3;3*1H3;. The molecule has 0 aliphatic rings. The first kappa shape index (κ1) is 24.3. The van der Waals surface area contributed by atoms with Gasteiger partial charge in [0.2, 0.25) is 0 Å². The monoisotopic (exact) mass is 561 g/mol. The molecule has 31 heavy (non-hydrogen) atoms. The van der Waals surface area contributed by atoms with Gasteiger partial charge in [-0.25, -0.2) is 0 Å². The Morgan fingerprint density at radius 2 is 1.35 bits per heavy atom. The summed E-state index contributed by atoms with van der Waals surface area (Å²) in [7, 11) is 0. The van der Waals surface area contributed by atoms with Crippen molar-refractivity contribution in [2.45, 2.75) is 60.3 Å². The van der Waals surface area contributed by atoms with Gasteiger partial charge in [-0.15, -0.1) is 11.3 Å². The van der Waals surface area contributed by atoms with Crippen molar-refractivity contribution in [1.29, 1.82) is 0 Å². The first-order valence-corrected chi connectivity index (χ1v) is 22.5. The maximum atomic E-state index is 12.6. The Labute approximate surface area is 197 Å². The summed E-state index contributed by atoms with van der Waals surface area (Å²) >= 11 is 1.71. The SMILES string of the molecule is Cc1ccc(CCCC(=O)c2cccc(C(=O)CCCc3cc[c]([Sn]([CH3])([CH3])[CH3])s3)n2)s1. The number of carbonyl (C=O) groups excluding carboxylic acids is 2. The van der Waals surface area contributed by atoms with E-state index in [1.807, 2.05) is 11.3 Å². The molecule has 3 aromatic heterocycles. The van der Waals surface area contributed by atoms with Crippen LogP contribution in [0.1, 0.15) is 61.3 Å². The zero-order valence-electron chi connectivity index (χ0n) is 18.9. The fourth-order valence-electron chi connectivity index (χ4n) is 3.38. The van der Waals surface area contributed by atoms with Gasteiger partial charge in [0.25, 0.3) is 0 Å². The maximum Gasteiger partial charge on any atom is -0.146 e. The molecule has 3 rings (SSSR count).